The summed E-state index contributed by atoms with van der Waals surface area (Å²) in [6, 6.07) is 12.4. The van der Waals surface area contributed by atoms with Crippen molar-refractivity contribution in [2.75, 3.05) is 65.0 Å². The molecule has 2 aromatic carbocycles. The van der Waals surface area contributed by atoms with E-state index in [4.69, 9.17) is 25.8 Å². The molecule has 6 unspecified atom stereocenters. The summed E-state index contributed by atoms with van der Waals surface area (Å²) >= 11 is 6.48. The van der Waals surface area contributed by atoms with E-state index in [2.05, 4.69) is 52.6 Å². The van der Waals surface area contributed by atoms with Crippen molar-refractivity contribution in [2.24, 2.45) is 23.7 Å². The number of nitrogens with one attached hydrogen (secondary N) is 1. The number of hydrogen-bond donors (Lipinski definition) is 1. The van der Waals surface area contributed by atoms with Gasteiger partial charge >= 0.3 is 0 Å². The monoisotopic (exact) mass is 770 g/mol. The molecule has 292 valence electrons. The highest BCUT2D eigenvalue weighted by molar-refractivity contribution is 7.90. The average molecular weight is 771 g/mol. The third-order valence-electron chi connectivity index (χ3n) is 13.1. The van der Waals surface area contributed by atoms with Crippen LogP contribution in [0.25, 0.3) is 0 Å². The fourth-order valence-corrected chi connectivity index (χ4v) is 10.8. The van der Waals surface area contributed by atoms with Crippen molar-refractivity contribution >= 4 is 33.2 Å². The lowest BCUT2D eigenvalue weighted by Gasteiger charge is -2.51. The first kappa shape index (κ1) is 38.8. The van der Waals surface area contributed by atoms with Gasteiger partial charge in [0.15, 0.2) is 6.29 Å². The molecule has 2 saturated heterocycles. The molecule has 1 N–H and O–H groups in total. The predicted molar refractivity (Wildman–Crippen MR) is 209 cm³/mol. The number of sulfonamides is 1. The summed E-state index contributed by atoms with van der Waals surface area (Å²) in [5.41, 5.74) is 3.62. The van der Waals surface area contributed by atoms with E-state index in [9.17, 15) is 13.2 Å². The molecule has 5 aliphatic rings. The summed E-state index contributed by atoms with van der Waals surface area (Å²) in [5.74, 6) is 1.09. The Morgan fingerprint density at radius 3 is 2.40 bits per heavy atom. The Hall–Kier alpha value is -2.41. The number of halogens is 1. The van der Waals surface area contributed by atoms with Crippen LogP contribution >= 0.6 is 11.6 Å². The molecule has 2 aromatic rings. The second-order valence-electron chi connectivity index (χ2n) is 16.7. The Bertz CT molecular complexity index is 1710. The van der Waals surface area contributed by atoms with Crippen LogP contribution in [-0.4, -0.2) is 108 Å². The zero-order chi connectivity index (χ0) is 37.4. The first-order valence-corrected chi connectivity index (χ1v) is 21.8. The van der Waals surface area contributed by atoms with Gasteiger partial charge in [-0.1, -0.05) is 44.4 Å². The van der Waals surface area contributed by atoms with E-state index >= 15 is 0 Å². The van der Waals surface area contributed by atoms with Gasteiger partial charge in [-0.2, -0.15) is 0 Å². The minimum atomic E-state index is -3.91. The molecule has 3 fully saturated rings. The number of likely N-dealkylation sites (N-methyl/N-ethyl adjacent to an activating group) is 1. The molecule has 1 aliphatic carbocycles. The molecule has 1 amide bonds. The van der Waals surface area contributed by atoms with Gasteiger partial charge in [0.2, 0.25) is 10.0 Å². The van der Waals surface area contributed by atoms with Crippen molar-refractivity contribution < 1.29 is 27.4 Å². The topological polar surface area (TPSA) is 101 Å². The van der Waals surface area contributed by atoms with Crippen LogP contribution in [0.4, 0.5) is 5.69 Å². The third-order valence-corrected chi connectivity index (χ3v) is 15.3. The van der Waals surface area contributed by atoms with Crippen LogP contribution in [-0.2, 0) is 25.9 Å². The fraction of sp³-hybridized carbons (Fsp3) is 0.683. The second-order valence-corrected chi connectivity index (χ2v) is 19.2. The Balaban J connectivity index is 1.18. The Kier molecular flexibility index (Phi) is 12.0. The van der Waals surface area contributed by atoms with Gasteiger partial charge in [-0.25, -0.2) is 13.1 Å². The summed E-state index contributed by atoms with van der Waals surface area (Å²) in [5, 5.41) is 0.0108. The van der Waals surface area contributed by atoms with E-state index in [0.29, 0.717) is 55.6 Å². The van der Waals surface area contributed by atoms with Crippen molar-refractivity contribution in [1.29, 1.82) is 0 Å². The zero-order valence-corrected chi connectivity index (χ0v) is 33.7. The van der Waals surface area contributed by atoms with Gasteiger partial charge in [-0.05, 0) is 112 Å². The highest BCUT2D eigenvalue weighted by atomic mass is 35.5. The molecule has 10 nitrogen and oxygen atoms in total. The molecule has 7 rings (SSSR count). The van der Waals surface area contributed by atoms with Gasteiger partial charge in [0.05, 0.1) is 36.8 Å². The number of fused-ring (bicyclic) bond motifs is 2. The van der Waals surface area contributed by atoms with E-state index in [1.165, 1.54) is 11.1 Å². The molecule has 4 aliphatic heterocycles. The molecule has 0 aromatic heterocycles. The molecule has 4 heterocycles. The third kappa shape index (κ3) is 8.41. The van der Waals surface area contributed by atoms with Crippen LogP contribution in [0.2, 0.25) is 5.02 Å². The number of ether oxygens (including phenoxy) is 3. The molecule has 2 bridgehead atoms. The van der Waals surface area contributed by atoms with Crippen molar-refractivity contribution in [3.63, 3.8) is 0 Å². The first-order chi connectivity index (χ1) is 25.4. The van der Waals surface area contributed by atoms with E-state index in [1.807, 2.05) is 25.1 Å². The molecule has 0 radical (unpaired) electrons. The van der Waals surface area contributed by atoms with Crippen LogP contribution in [0, 0.1) is 23.7 Å². The molecule has 53 heavy (non-hydrogen) atoms. The number of aryl methyl sites for hydroxylation is 1. The Morgan fingerprint density at radius 1 is 0.925 bits per heavy atom. The second kappa shape index (κ2) is 16.4. The fourth-order valence-electron chi connectivity index (χ4n) is 9.25. The molecule has 6 atom stereocenters. The number of benzene rings is 2. The van der Waals surface area contributed by atoms with E-state index < -0.39 is 21.2 Å². The van der Waals surface area contributed by atoms with Gasteiger partial charge in [0, 0.05) is 54.6 Å². The number of rotatable bonds is 6. The maximum absolute atomic E-state index is 13.6. The maximum atomic E-state index is 13.6. The highest BCUT2D eigenvalue weighted by Crippen LogP contribution is 2.47. The number of carbonyl (C=O) groups excluding carboxylic acids is 1. The van der Waals surface area contributed by atoms with Gasteiger partial charge in [0.25, 0.3) is 5.91 Å². The molecule has 12 heteroatoms. The largest absolute Gasteiger partial charge is 0.491 e. The van der Waals surface area contributed by atoms with Crippen LogP contribution in [0.5, 0.6) is 5.75 Å². The van der Waals surface area contributed by atoms with Gasteiger partial charge in [0.1, 0.15) is 5.75 Å². The normalized spacial score (nSPS) is 32.8. The number of hydrogen-bond acceptors (Lipinski definition) is 9. The molecular formula is C41H59ClN4O6S. The molecular weight excluding hydrogens is 712 g/mol. The lowest BCUT2D eigenvalue weighted by molar-refractivity contribution is -0.248. The summed E-state index contributed by atoms with van der Waals surface area (Å²) < 4.78 is 49.3. The predicted octanol–water partition coefficient (Wildman–Crippen LogP) is 6.17. The van der Waals surface area contributed by atoms with E-state index in [1.54, 1.807) is 13.0 Å². The van der Waals surface area contributed by atoms with Gasteiger partial charge in [-0.15, -0.1) is 0 Å². The summed E-state index contributed by atoms with van der Waals surface area (Å²) in [6.07, 6.45) is 6.40. The molecule has 0 spiro atoms. The number of likely N-dealkylation sites (tertiary alicyclic amines) is 1. The minimum Gasteiger partial charge on any atom is -0.491 e. The van der Waals surface area contributed by atoms with Gasteiger partial charge < -0.3 is 24.0 Å². The van der Waals surface area contributed by atoms with Crippen LogP contribution in [0.3, 0.4) is 0 Å². The summed E-state index contributed by atoms with van der Waals surface area (Å²) in [4.78, 5) is 20.7. The average Bonchev–Trinajstić information content (AvgIpc) is 3.27. The maximum Gasteiger partial charge on any atom is 0.264 e. The number of anilines is 1. The van der Waals surface area contributed by atoms with Crippen LogP contribution < -0.4 is 14.4 Å². The van der Waals surface area contributed by atoms with Crippen molar-refractivity contribution in [3.05, 3.63) is 58.1 Å². The van der Waals surface area contributed by atoms with E-state index in [0.717, 1.165) is 75.3 Å². The van der Waals surface area contributed by atoms with E-state index in [-0.39, 0.29) is 30.1 Å². The first-order valence-electron chi connectivity index (χ1n) is 19.9. The lowest BCUT2D eigenvalue weighted by atomic mass is 9.65. The number of amides is 1. The standard InChI is InChI=1S/C41H59ClN4O6S/c1-6-8-28-17-32(42)13-15-35(28)31-20-46-19-30-11-14-36(30)37(41-51-24-34(25-52-41)45-21-33(22-45)44(4)5)10-7-9-26(2)27(3)53(48,49)43-40(47)29-12-16-39(50-23-31)38(46)18-29/h12-13,15-18,26-27,30-31,33-34,36-37,41H,6-11,14,19-25H2,1-5H3,(H,43,47). The van der Waals surface area contributed by atoms with Crippen LogP contribution in [0.15, 0.2) is 36.4 Å². The zero-order valence-electron chi connectivity index (χ0n) is 32.1. The van der Waals surface area contributed by atoms with Crippen molar-refractivity contribution in [2.45, 2.75) is 95.3 Å². The Morgan fingerprint density at radius 2 is 1.70 bits per heavy atom. The van der Waals surface area contributed by atoms with Crippen molar-refractivity contribution in [3.8, 4) is 5.75 Å². The summed E-state index contributed by atoms with van der Waals surface area (Å²) in [7, 11) is 0.371. The summed E-state index contributed by atoms with van der Waals surface area (Å²) in [6.45, 7) is 11.3. The SMILES string of the molecule is CCCc1cc(Cl)ccc1C1COc2ccc3cc2N(C1)CC1CCC1C(C1OCC(N2CC(N(C)C)C2)CO1)CCCC(C)C(C)S(=O)(=O)NC3=O. The minimum absolute atomic E-state index is 0.0803. The van der Waals surface area contributed by atoms with Crippen LogP contribution in [0.1, 0.15) is 86.7 Å². The van der Waals surface area contributed by atoms with Crippen molar-refractivity contribution in [1.82, 2.24) is 14.5 Å². The quantitative estimate of drug-likeness (QED) is 0.370. The highest BCUT2D eigenvalue weighted by Gasteiger charge is 2.45. The smallest absolute Gasteiger partial charge is 0.264 e. The van der Waals surface area contributed by atoms with Gasteiger partial charge in [-0.3, -0.25) is 9.69 Å². The number of nitrogens with zero attached hydrogens (tertiary/aromatic N) is 3. The molecule has 1 saturated carbocycles. The lowest BCUT2D eigenvalue weighted by Crippen LogP contribution is -2.64. The Labute approximate surface area is 321 Å². The number of carbonyl (C=O) groups is 1.